The van der Waals surface area contributed by atoms with E-state index in [1.54, 1.807) is 20.0 Å². The number of aliphatic hydroxyl groups excluding tert-OH is 1. The molecular weight excluding hydrogens is 308 g/mol. The summed E-state index contributed by atoms with van der Waals surface area (Å²) in [7, 11) is 0. The van der Waals surface area contributed by atoms with Crippen molar-refractivity contribution in [1.82, 2.24) is 20.2 Å². The zero-order valence-electron chi connectivity index (χ0n) is 13.5. The van der Waals surface area contributed by atoms with Gasteiger partial charge in [-0.1, -0.05) is 6.07 Å². The Bertz CT molecular complexity index is 842. The first-order valence-corrected chi connectivity index (χ1v) is 7.56. The van der Waals surface area contributed by atoms with Gasteiger partial charge < -0.3 is 21.3 Å². The average molecular weight is 328 g/mol. The second kappa shape index (κ2) is 6.06. The van der Waals surface area contributed by atoms with Crippen molar-refractivity contribution in [2.24, 2.45) is 0 Å². The largest absolute Gasteiger partial charge is 0.388 e. The molecule has 3 rings (SSSR count). The van der Waals surface area contributed by atoms with E-state index in [2.05, 4.69) is 25.5 Å². The number of rotatable bonds is 5. The van der Waals surface area contributed by atoms with Crippen LogP contribution in [-0.4, -0.2) is 48.6 Å². The molecule has 0 amide bonds. The molecule has 8 heteroatoms. The zero-order valence-corrected chi connectivity index (χ0v) is 13.5. The number of H-pyrrole nitrogens is 1. The number of aromatic amines is 1. The normalized spacial score (nSPS) is 13.2. The van der Waals surface area contributed by atoms with E-state index in [1.165, 1.54) is 0 Å². The molecule has 0 saturated heterocycles. The van der Waals surface area contributed by atoms with E-state index in [0.29, 0.717) is 11.3 Å². The third-order valence-electron chi connectivity index (χ3n) is 3.80. The third-order valence-corrected chi connectivity index (χ3v) is 3.80. The number of nitrogen functional groups attached to an aromatic ring is 1. The molecule has 3 aromatic rings. The van der Waals surface area contributed by atoms with Crippen LogP contribution in [0.25, 0.3) is 22.2 Å². The Kier molecular flexibility index (Phi) is 4.08. The third kappa shape index (κ3) is 3.29. The van der Waals surface area contributed by atoms with Crippen LogP contribution in [0.15, 0.2) is 30.5 Å². The molecule has 0 bridgehead atoms. The molecule has 126 valence electrons. The number of aliphatic hydroxyl groups is 2. The van der Waals surface area contributed by atoms with Gasteiger partial charge in [0.2, 0.25) is 5.95 Å². The summed E-state index contributed by atoms with van der Waals surface area (Å²) < 4.78 is 0. The number of hydrogen-bond donors (Lipinski definition) is 5. The second-order valence-corrected chi connectivity index (χ2v) is 6.18. The van der Waals surface area contributed by atoms with Crippen LogP contribution < -0.4 is 11.1 Å². The number of nitrogens with two attached hydrogens (primary N) is 1. The number of benzene rings is 1. The molecule has 0 saturated carbocycles. The molecule has 0 aliphatic carbocycles. The van der Waals surface area contributed by atoms with Gasteiger partial charge in [0.25, 0.3) is 0 Å². The van der Waals surface area contributed by atoms with Gasteiger partial charge in [0, 0.05) is 23.7 Å². The van der Waals surface area contributed by atoms with E-state index in [9.17, 15) is 10.2 Å². The zero-order chi connectivity index (χ0) is 17.3. The van der Waals surface area contributed by atoms with Crippen LogP contribution >= 0.6 is 0 Å². The Morgan fingerprint density at radius 3 is 2.75 bits per heavy atom. The van der Waals surface area contributed by atoms with Gasteiger partial charge in [-0.2, -0.15) is 10.1 Å². The van der Waals surface area contributed by atoms with E-state index in [0.717, 1.165) is 16.6 Å². The lowest BCUT2D eigenvalue weighted by molar-refractivity contribution is -0.0403. The van der Waals surface area contributed by atoms with E-state index in [4.69, 9.17) is 5.73 Å². The molecule has 8 nitrogen and oxygen atoms in total. The van der Waals surface area contributed by atoms with Gasteiger partial charge in [0.15, 0.2) is 0 Å². The topological polar surface area (TPSA) is 133 Å². The fourth-order valence-corrected chi connectivity index (χ4v) is 2.31. The predicted molar refractivity (Wildman–Crippen MR) is 92.3 cm³/mol. The van der Waals surface area contributed by atoms with Crippen LogP contribution in [-0.2, 0) is 0 Å². The SMILES string of the molecule is CC(C)(O)C(O)CNc1nc(N)nc2cc(-c3ccn[nH]3)ccc12. The molecule has 6 N–H and O–H groups in total. The van der Waals surface area contributed by atoms with Gasteiger partial charge >= 0.3 is 0 Å². The van der Waals surface area contributed by atoms with Crippen molar-refractivity contribution in [3.8, 4) is 11.3 Å². The summed E-state index contributed by atoms with van der Waals surface area (Å²) in [6.45, 7) is 3.22. The number of fused-ring (bicyclic) bond motifs is 1. The molecule has 0 spiro atoms. The quantitative estimate of drug-likeness (QED) is 0.474. The van der Waals surface area contributed by atoms with E-state index in [-0.39, 0.29) is 12.5 Å². The van der Waals surface area contributed by atoms with Gasteiger partial charge in [-0.25, -0.2) is 4.98 Å². The van der Waals surface area contributed by atoms with Crippen LogP contribution in [0.5, 0.6) is 0 Å². The van der Waals surface area contributed by atoms with Gasteiger partial charge in [-0.05, 0) is 32.0 Å². The minimum atomic E-state index is -1.21. The Labute approximate surface area is 138 Å². The van der Waals surface area contributed by atoms with Gasteiger partial charge in [0.05, 0.1) is 22.9 Å². The molecular formula is C16H20N6O2. The van der Waals surface area contributed by atoms with Gasteiger partial charge in [-0.15, -0.1) is 0 Å². The predicted octanol–water partition coefficient (Wildman–Crippen LogP) is 1.15. The molecule has 1 atom stereocenters. The first-order valence-electron chi connectivity index (χ1n) is 7.56. The molecule has 0 aliphatic rings. The Hall–Kier alpha value is -2.71. The van der Waals surface area contributed by atoms with Crippen molar-refractivity contribution in [3.05, 3.63) is 30.5 Å². The first kappa shape index (κ1) is 16.2. The summed E-state index contributed by atoms with van der Waals surface area (Å²) >= 11 is 0. The van der Waals surface area contributed by atoms with Crippen LogP contribution in [0.1, 0.15) is 13.8 Å². The highest BCUT2D eigenvalue weighted by Gasteiger charge is 2.24. The number of aromatic nitrogens is 4. The highest BCUT2D eigenvalue weighted by molar-refractivity contribution is 5.92. The second-order valence-electron chi connectivity index (χ2n) is 6.18. The summed E-state index contributed by atoms with van der Waals surface area (Å²) in [5.41, 5.74) is 7.06. The van der Waals surface area contributed by atoms with E-state index >= 15 is 0 Å². The van der Waals surface area contributed by atoms with Crippen molar-refractivity contribution in [2.75, 3.05) is 17.6 Å². The van der Waals surface area contributed by atoms with Crippen molar-refractivity contribution in [3.63, 3.8) is 0 Å². The first-order chi connectivity index (χ1) is 11.3. The molecule has 24 heavy (non-hydrogen) atoms. The summed E-state index contributed by atoms with van der Waals surface area (Å²) in [4.78, 5) is 8.45. The molecule has 1 aromatic carbocycles. The standard InChI is InChI=1S/C16H20N6O2/c1-16(2,24)13(23)8-18-14-10-4-3-9(11-5-6-19-22-11)7-12(10)20-15(17)21-14/h3-7,13,23-24H,8H2,1-2H3,(H,19,22)(H3,17,18,20,21). The Morgan fingerprint density at radius 1 is 1.29 bits per heavy atom. The monoisotopic (exact) mass is 328 g/mol. The minimum Gasteiger partial charge on any atom is -0.388 e. The molecule has 0 radical (unpaired) electrons. The number of nitrogens with zero attached hydrogens (tertiary/aromatic N) is 3. The average Bonchev–Trinajstić information content (AvgIpc) is 3.04. The van der Waals surface area contributed by atoms with E-state index < -0.39 is 11.7 Å². The summed E-state index contributed by atoms with van der Waals surface area (Å²) in [5.74, 6) is 0.640. The highest BCUT2D eigenvalue weighted by Crippen LogP contribution is 2.26. The van der Waals surface area contributed by atoms with Crippen molar-refractivity contribution < 1.29 is 10.2 Å². The molecule has 2 heterocycles. The smallest absolute Gasteiger partial charge is 0.222 e. The van der Waals surface area contributed by atoms with Gasteiger partial charge in [0.1, 0.15) is 5.82 Å². The molecule has 2 aromatic heterocycles. The Balaban J connectivity index is 1.94. The van der Waals surface area contributed by atoms with Gasteiger partial charge in [-0.3, -0.25) is 5.10 Å². The fraction of sp³-hybridized carbons (Fsp3) is 0.312. The molecule has 0 fully saturated rings. The number of hydrogen-bond acceptors (Lipinski definition) is 7. The van der Waals surface area contributed by atoms with Crippen molar-refractivity contribution >= 4 is 22.7 Å². The summed E-state index contributed by atoms with van der Waals surface area (Å²) in [5, 5.41) is 30.4. The summed E-state index contributed by atoms with van der Waals surface area (Å²) in [6.07, 6.45) is 0.729. The highest BCUT2D eigenvalue weighted by atomic mass is 16.3. The maximum Gasteiger partial charge on any atom is 0.222 e. The van der Waals surface area contributed by atoms with Crippen LogP contribution in [0.4, 0.5) is 11.8 Å². The fourth-order valence-electron chi connectivity index (χ4n) is 2.31. The summed E-state index contributed by atoms with van der Waals surface area (Å²) in [6, 6.07) is 7.56. The minimum absolute atomic E-state index is 0.129. The van der Waals surface area contributed by atoms with Crippen LogP contribution in [0.3, 0.4) is 0 Å². The molecule has 0 aliphatic heterocycles. The maximum atomic E-state index is 9.96. The lowest BCUT2D eigenvalue weighted by Gasteiger charge is -2.25. The lowest BCUT2D eigenvalue weighted by atomic mass is 10.0. The van der Waals surface area contributed by atoms with Crippen molar-refractivity contribution in [2.45, 2.75) is 25.6 Å². The van der Waals surface area contributed by atoms with Crippen LogP contribution in [0.2, 0.25) is 0 Å². The number of nitrogens with one attached hydrogen (secondary N) is 2. The molecule has 1 unspecified atom stereocenters. The Morgan fingerprint density at radius 2 is 2.08 bits per heavy atom. The van der Waals surface area contributed by atoms with Crippen LogP contribution in [0, 0.1) is 0 Å². The number of anilines is 2. The maximum absolute atomic E-state index is 9.96. The van der Waals surface area contributed by atoms with Crippen molar-refractivity contribution in [1.29, 1.82) is 0 Å². The lowest BCUT2D eigenvalue weighted by Crippen LogP contribution is -2.40. The van der Waals surface area contributed by atoms with E-state index in [1.807, 2.05) is 24.3 Å².